The number of aromatic nitrogens is 3. The molecule has 3 N–H and O–H groups in total. The molecule has 4 aromatic rings. The number of anilines is 1. The summed E-state index contributed by atoms with van der Waals surface area (Å²) in [5.41, 5.74) is -0.778. The first-order valence-corrected chi connectivity index (χ1v) is 10.0. The van der Waals surface area contributed by atoms with Crippen LogP contribution in [0.1, 0.15) is 28.5 Å². The number of rotatable bonds is 6. The molecule has 0 fully saturated rings. The van der Waals surface area contributed by atoms with Gasteiger partial charge in [0.15, 0.2) is 0 Å². The van der Waals surface area contributed by atoms with Gasteiger partial charge in [-0.05, 0) is 42.3 Å². The third-order valence-electron chi connectivity index (χ3n) is 5.17. The number of nitrogens with one attached hydrogen (secondary N) is 1. The molecule has 0 saturated heterocycles. The predicted octanol–water partition coefficient (Wildman–Crippen LogP) is 4.76. The quantitative estimate of drug-likeness (QED) is 0.348. The number of aromatic hydroxyl groups is 1. The minimum Gasteiger partial charge on any atom is -0.508 e. The number of fused-ring (bicyclic) bond motifs is 1. The molecule has 0 saturated carbocycles. The van der Waals surface area contributed by atoms with Crippen molar-refractivity contribution in [1.82, 2.24) is 15.0 Å². The predicted molar refractivity (Wildman–Crippen MR) is 113 cm³/mol. The number of pyridine rings is 1. The number of halogens is 5. The van der Waals surface area contributed by atoms with Crippen LogP contribution in [0.5, 0.6) is 5.75 Å². The fourth-order valence-electron chi connectivity index (χ4n) is 3.47. The Kier molecular flexibility index (Phi) is 6.29. The standard InChI is InChI=1S/C23H17F5N4O2/c24-15-3-4-16(25)20-19(15)22(32-11-31-20)30-7-5-12-1-2-14(18(33)9-12)21(34)17-10-13(6-8-29-17)23(26,27)28/h1-4,6,8-11,21,33-34H,5,7H2,(H,30,31,32). The largest absolute Gasteiger partial charge is 0.508 e. The van der Waals surface area contributed by atoms with E-state index in [-0.39, 0.29) is 40.3 Å². The first-order chi connectivity index (χ1) is 16.1. The molecule has 176 valence electrons. The summed E-state index contributed by atoms with van der Waals surface area (Å²) < 4.78 is 66.8. The summed E-state index contributed by atoms with van der Waals surface area (Å²) in [6.45, 7) is 0.235. The van der Waals surface area contributed by atoms with E-state index in [0.29, 0.717) is 12.0 Å². The topological polar surface area (TPSA) is 91.2 Å². The Bertz CT molecular complexity index is 1350. The fraction of sp³-hybridized carbons (Fsp3) is 0.174. The third-order valence-corrected chi connectivity index (χ3v) is 5.17. The molecule has 6 nitrogen and oxygen atoms in total. The van der Waals surface area contributed by atoms with E-state index in [1.54, 1.807) is 6.07 Å². The number of alkyl halides is 3. The molecule has 0 aliphatic heterocycles. The summed E-state index contributed by atoms with van der Waals surface area (Å²) in [6.07, 6.45) is -3.80. The van der Waals surface area contributed by atoms with E-state index in [9.17, 15) is 32.2 Å². The van der Waals surface area contributed by atoms with Crippen LogP contribution in [0.2, 0.25) is 0 Å². The number of phenolic OH excluding ortho intramolecular Hbond substituents is 1. The Labute approximate surface area is 189 Å². The number of hydrogen-bond acceptors (Lipinski definition) is 6. The van der Waals surface area contributed by atoms with E-state index in [2.05, 4.69) is 20.3 Å². The summed E-state index contributed by atoms with van der Waals surface area (Å²) in [6, 6.07) is 7.77. The van der Waals surface area contributed by atoms with Crippen LogP contribution >= 0.6 is 0 Å². The van der Waals surface area contributed by atoms with Gasteiger partial charge in [-0.15, -0.1) is 0 Å². The zero-order valence-electron chi connectivity index (χ0n) is 17.3. The zero-order chi connectivity index (χ0) is 24.5. The number of hydrogen-bond donors (Lipinski definition) is 3. The van der Waals surface area contributed by atoms with Crippen LogP contribution in [-0.2, 0) is 12.6 Å². The first-order valence-electron chi connectivity index (χ1n) is 10.0. The Balaban J connectivity index is 1.48. The van der Waals surface area contributed by atoms with Gasteiger partial charge in [0.25, 0.3) is 0 Å². The van der Waals surface area contributed by atoms with Crippen LogP contribution < -0.4 is 5.32 Å². The Morgan fingerprint density at radius 1 is 0.941 bits per heavy atom. The van der Waals surface area contributed by atoms with Gasteiger partial charge >= 0.3 is 6.18 Å². The van der Waals surface area contributed by atoms with Crippen molar-refractivity contribution in [3.05, 3.63) is 89.0 Å². The van der Waals surface area contributed by atoms with Gasteiger partial charge in [0.05, 0.1) is 16.6 Å². The van der Waals surface area contributed by atoms with Crippen LogP contribution in [0.4, 0.5) is 27.8 Å². The maximum absolute atomic E-state index is 14.2. The molecule has 0 radical (unpaired) electrons. The summed E-state index contributed by atoms with van der Waals surface area (Å²) in [5, 5.41) is 23.6. The van der Waals surface area contributed by atoms with Gasteiger partial charge < -0.3 is 15.5 Å². The number of aliphatic hydroxyl groups excluding tert-OH is 1. The second-order valence-corrected chi connectivity index (χ2v) is 7.41. The number of benzene rings is 2. The first kappa shape index (κ1) is 23.3. The van der Waals surface area contributed by atoms with Crippen molar-refractivity contribution < 1.29 is 32.2 Å². The Hall–Kier alpha value is -3.86. The average molecular weight is 476 g/mol. The molecule has 2 aromatic carbocycles. The molecular weight excluding hydrogens is 459 g/mol. The van der Waals surface area contributed by atoms with Crippen molar-refractivity contribution >= 4 is 16.7 Å². The van der Waals surface area contributed by atoms with E-state index in [1.165, 1.54) is 12.1 Å². The van der Waals surface area contributed by atoms with Crippen LogP contribution in [-0.4, -0.2) is 31.7 Å². The molecule has 1 unspecified atom stereocenters. The SMILES string of the molecule is Oc1cc(CCNc2ncnc3c(F)ccc(F)c23)ccc1C(O)c1cc(C(F)(F)F)ccn1. The fourth-order valence-corrected chi connectivity index (χ4v) is 3.47. The van der Waals surface area contributed by atoms with Gasteiger partial charge in [0.2, 0.25) is 0 Å². The van der Waals surface area contributed by atoms with Crippen molar-refractivity contribution in [1.29, 1.82) is 0 Å². The molecule has 4 rings (SSSR count). The Morgan fingerprint density at radius 2 is 1.71 bits per heavy atom. The third kappa shape index (κ3) is 4.74. The maximum atomic E-state index is 14.2. The summed E-state index contributed by atoms with van der Waals surface area (Å²) in [7, 11) is 0. The second kappa shape index (κ2) is 9.18. The van der Waals surface area contributed by atoms with E-state index in [4.69, 9.17) is 0 Å². The lowest BCUT2D eigenvalue weighted by Gasteiger charge is -2.15. The van der Waals surface area contributed by atoms with Gasteiger partial charge in [-0.25, -0.2) is 18.7 Å². The lowest BCUT2D eigenvalue weighted by atomic mass is 10.0. The molecule has 34 heavy (non-hydrogen) atoms. The van der Waals surface area contributed by atoms with Crippen molar-refractivity contribution in [3.8, 4) is 5.75 Å². The zero-order valence-corrected chi connectivity index (χ0v) is 17.3. The van der Waals surface area contributed by atoms with E-state index < -0.39 is 29.5 Å². The molecule has 0 aliphatic rings. The van der Waals surface area contributed by atoms with E-state index >= 15 is 0 Å². The molecule has 11 heteroatoms. The van der Waals surface area contributed by atoms with Crippen LogP contribution in [0.25, 0.3) is 10.9 Å². The van der Waals surface area contributed by atoms with Gasteiger partial charge in [-0.2, -0.15) is 13.2 Å². The van der Waals surface area contributed by atoms with Crippen LogP contribution in [0.15, 0.2) is 55.0 Å². The summed E-state index contributed by atoms with van der Waals surface area (Å²) >= 11 is 0. The minimum absolute atomic E-state index is 0.0112. The normalized spacial score (nSPS) is 12.6. The van der Waals surface area contributed by atoms with Gasteiger partial charge in [0, 0.05) is 18.3 Å². The molecule has 1 atom stereocenters. The minimum atomic E-state index is -4.60. The Morgan fingerprint density at radius 3 is 2.44 bits per heavy atom. The van der Waals surface area contributed by atoms with Crippen molar-refractivity contribution in [3.63, 3.8) is 0 Å². The lowest BCUT2D eigenvalue weighted by Crippen LogP contribution is -2.10. The summed E-state index contributed by atoms with van der Waals surface area (Å²) in [5.74, 6) is -1.59. The van der Waals surface area contributed by atoms with Gasteiger partial charge in [-0.3, -0.25) is 4.98 Å². The average Bonchev–Trinajstić information content (AvgIpc) is 2.81. The number of aliphatic hydroxyl groups is 1. The van der Waals surface area contributed by atoms with E-state index in [1.807, 2.05) is 0 Å². The maximum Gasteiger partial charge on any atom is 0.416 e. The van der Waals surface area contributed by atoms with Crippen LogP contribution in [0, 0.1) is 11.6 Å². The molecule has 0 spiro atoms. The summed E-state index contributed by atoms with van der Waals surface area (Å²) in [4.78, 5) is 11.5. The highest BCUT2D eigenvalue weighted by Crippen LogP contribution is 2.33. The highest BCUT2D eigenvalue weighted by atomic mass is 19.4. The van der Waals surface area contributed by atoms with Crippen molar-refractivity contribution in [2.75, 3.05) is 11.9 Å². The van der Waals surface area contributed by atoms with Crippen molar-refractivity contribution in [2.24, 2.45) is 0 Å². The van der Waals surface area contributed by atoms with Gasteiger partial charge in [0.1, 0.15) is 41.1 Å². The van der Waals surface area contributed by atoms with Crippen LogP contribution in [0.3, 0.4) is 0 Å². The van der Waals surface area contributed by atoms with Gasteiger partial charge in [-0.1, -0.05) is 12.1 Å². The number of phenols is 1. The highest BCUT2D eigenvalue weighted by Gasteiger charge is 2.31. The molecule has 0 aliphatic carbocycles. The second-order valence-electron chi connectivity index (χ2n) is 7.41. The smallest absolute Gasteiger partial charge is 0.416 e. The molecule has 2 aromatic heterocycles. The highest BCUT2D eigenvalue weighted by molar-refractivity contribution is 5.89. The molecular formula is C23H17F5N4O2. The molecule has 0 amide bonds. The van der Waals surface area contributed by atoms with E-state index in [0.717, 1.165) is 36.8 Å². The van der Waals surface area contributed by atoms with Crippen molar-refractivity contribution in [2.45, 2.75) is 18.7 Å². The molecule has 0 bridgehead atoms. The number of nitrogens with zero attached hydrogens (tertiary/aromatic N) is 3. The molecule has 2 heterocycles. The lowest BCUT2D eigenvalue weighted by molar-refractivity contribution is -0.137. The monoisotopic (exact) mass is 476 g/mol.